The molecule has 4 nitrogen and oxygen atoms in total. The van der Waals surface area contributed by atoms with E-state index in [1.165, 1.54) is 12.1 Å². The lowest BCUT2D eigenvalue weighted by Gasteiger charge is -2.12. The Balaban J connectivity index is 1.60. The van der Waals surface area contributed by atoms with Gasteiger partial charge in [-0.15, -0.1) is 0 Å². The maximum Gasteiger partial charge on any atom is 0.231 e. The van der Waals surface area contributed by atoms with Crippen molar-refractivity contribution in [2.24, 2.45) is 0 Å². The molecule has 1 aliphatic heterocycles. The number of fused-ring (bicyclic) bond motifs is 1. The predicted molar refractivity (Wildman–Crippen MR) is 88.6 cm³/mol. The molecule has 0 atom stereocenters. The number of hydrogen-bond acceptors (Lipinski definition) is 4. The lowest BCUT2D eigenvalue weighted by Crippen LogP contribution is -2.17. The van der Waals surface area contributed by atoms with Gasteiger partial charge in [0.2, 0.25) is 6.79 Å². The van der Waals surface area contributed by atoms with Gasteiger partial charge in [-0.3, -0.25) is 0 Å². The lowest BCUT2D eigenvalue weighted by atomic mass is 10.1. The van der Waals surface area contributed by atoms with Crippen molar-refractivity contribution in [1.29, 1.82) is 0 Å². The molecule has 0 amide bonds. The highest BCUT2D eigenvalue weighted by Gasteiger charge is 2.16. The van der Waals surface area contributed by atoms with Crippen LogP contribution in [0.4, 0.5) is 4.39 Å². The minimum absolute atomic E-state index is 0.265. The standard InChI is InChI=1S/C17H17BrFNO3/c1-21-16-11(7-13(19)8-14(16)18)5-6-20-9-12-3-2-4-15-17(12)23-10-22-15/h2-4,7-8,20H,5-6,9-10H2,1H3/i19-1. The second kappa shape index (κ2) is 7.19. The van der Waals surface area contributed by atoms with Crippen LogP contribution < -0.4 is 19.5 Å². The van der Waals surface area contributed by atoms with Gasteiger partial charge in [-0.25, -0.2) is 4.39 Å². The number of methoxy groups -OCH3 is 1. The van der Waals surface area contributed by atoms with Gasteiger partial charge in [0.1, 0.15) is 11.6 Å². The topological polar surface area (TPSA) is 39.7 Å². The summed E-state index contributed by atoms with van der Waals surface area (Å²) in [6.45, 7) is 1.61. The summed E-state index contributed by atoms with van der Waals surface area (Å²) < 4.78 is 30.3. The van der Waals surface area contributed by atoms with E-state index in [4.69, 9.17) is 14.2 Å². The Morgan fingerprint density at radius 2 is 2.13 bits per heavy atom. The van der Waals surface area contributed by atoms with Gasteiger partial charge in [0.05, 0.1) is 11.6 Å². The van der Waals surface area contributed by atoms with Crippen LogP contribution in [0, 0.1) is 5.82 Å². The number of benzene rings is 2. The van der Waals surface area contributed by atoms with Crippen molar-refractivity contribution < 1.29 is 18.6 Å². The second-order valence-electron chi connectivity index (χ2n) is 5.16. The number of halogens is 2. The second-order valence-corrected chi connectivity index (χ2v) is 6.01. The molecule has 1 heterocycles. The number of ether oxygens (including phenoxy) is 3. The third-order valence-electron chi connectivity index (χ3n) is 3.65. The molecule has 6 heteroatoms. The molecule has 0 aliphatic carbocycles. The molecule has 0 saturated carbocycles. The third-order valence-corrected chi connectivity index (χ3v) is 4.24. The van der Waals surface area contributed by atoms with Crippen LogP contribution in [0.5, 0.6) is 17.2 Å². The Bertz CT molecular complexity index is 708. The zero-order valence-corrected chi connectivity index (χ0v) is 14.3. The first kappa shape index (κ1) is 16.1. The first-order valence-electron chi connectivity index (χ1n) is 7.29. The molecule has 0 spiro atoms. The Morgan fingerprint density at radius 1 is 1.26 bits per heavy atom. The first-order valence-corrected chi connectivity index (χ1v) is 8.08. The van der Waals surface area contributed by atoms with E-state index in [-0.39, 0.29) is 12.6 Å². The van der Waals surface area contributed by atoms with Crippen LogP contribution in [-0.2, 0) is 13.0 Å². The molecular formula is C17H17BrFNO3. The van der Waals surface area contributed by atoms with E-state index in [0.29, 0.717) is 29.7 Å². The van der Waals surface area contributed by atoms with Crippen LogP contribution in [0.2, 0.25) is 0 Å². The van der Waals surface area contributed by atoms with Crippen molar-refractivity contribution in [3.8, 4) is 17.2 Å². The van der Waals surface area contributed by atoms with Crippen LogP contribution in [0.25, 0.3) is 0 Å². The molecule has 0 saturated heterocycles. The third kappa shape index (κ3) is 3.59. The molecule has 0 unspecified atom stereocenters. The van der Waals surface area contributed by atoms with E-state index >= 15 is 0 Å². The monoisotopic (exact) mass is 380 g/mol. The van der Waals surface area contributed by atoms with Gasteiger partial charge in [-0.2, -0.15) is 0 Å². The maximum atomic E-state index is 13.5. The molecule has 23 heavy (non-hydrogen) atoms. The molecule has 2 aromatic carbocycles. The largest absolute Gasteiger partial charge is 0.495 e. The van der Waals surface area contributed by atoms with Gasteiger partial charge in [0.15, 0.2) is 11.5 Å². The molecule has 1 aliphatic rings. The van der Waals surface area contributed by atoms with Crippen LogP contribution in [-0.4, -0.2) is 20.4 Å². The van der Waals surface area contributed by atoms with Crippen molar-refractivity contribution in [2.45, 2.75) is 13.0 Å². The minimum atomic E-state index is -0.279. The SMILES string of the molecule is COc1c(Br)cc([18F])cc1CCNCc1cccc2c1OCO2. The summed E-state index contributed by atoms with van der Waals surface area (Å²) in [5.74, 6) is 1.97. The maximum absolute atomic E-state index is 13.5. The summed E-state index contributed by atoms with van der Waals surface area (Å²) in [6, 6.07) is 8.74. The first-order chi connectivity index (χ1) is 11.2. The average Bonchev–Trinajstić information content (AvgIpc) is 3.00. The van der Waals surface area contributed by atoms with Crippen molar-refractivity contribution >= 4 is 15.9 Å². The van der Waals surface area contributed by atoms with Gasteiger partial charge in [0.25, 0.3) is 0 Å². The molecule has 122 valence electrons. The van der Waals surface area contributed by atoms with Crippen molar-refractivity contribution in [3.63, 3.8) is 0 Å². The van der Waals surface area contributed by atoms with E-state index in [2.05, 4.69) is 21.2 Å². The number of rotatable bonds is 6. The Labute approximate surface area is 142 Å². The molecular weight excluding hydrogens is 364 g/mol. The molecule has 2 aromatic rings. The fourth-order valence-electron chi connectivity index (χ4n) is 2.60. The van der Waals surface area contributed by atoms with Gasteiger partial charge >= 0.3 is 0 Å². The van der Waals surface area contributed by atoms with Gasteiger partial charge in [0, 0.05) is 12.1 Å². The van der Waals surface area contributed by atoms with Crippen LogP contribution in [0.1, 0.15) is 11.1 Å². The molecule has 0 bridgehead atoms. The quantitative estimate of drug-likeness (QED) is 0.776. The summed E-state index contributed by atoms with van der Waals surface area (Å²) >= 11 is 3.32. The van der Waals surface area contributed by atoms with E-state index in [9.17, 15) is 4.39 Å². The van der Waals surface area contributed by atoms with Crippen LogP contribution in [0.3, 0.4) is 0 Å². The van der Waals surface area contributed by atoms with Crippen molar-refractivity contribution in [2.75, 3.05) is 20.4 Å². The number of hydrogen-bond donors (Lipinski definition) is 1. The van der Waals surface area contributed by atoms with Crippen LogP contribution >= 0.6 is 15.9 Å². The minimum Gasteiger partial charge on any atom is -0.495 e. The van der Waals surface area contributed by atoms with Gasteiger partial charge in [-0.05, 0) is 52.7 Å². The average molecular weight is 381 g/mol. The normalized spacial score (nSPS) is 12.5. The van der Waals surface area contributed by atoms with Gasteiger partial charge < -0.3 is 19.5 Å². The van der Waals surface area contributed by atoms with Crippen molar-refractivity contribution in [3.05, 3.63) is 51.7 Å². The number of para-hydroxylation sites is 1. The highest BCUT2D eigenvalue weighted by Crippen LogP contribution is 2.35. The smallest absolute Gasteiger partial charge is 0.231 e. The zero-order chi connectivity index (χ0) is 16.2. The summed E-state index contributed by atoms with van der Waals surface area (Å²) in [5, 5.41) is 3.34. The molecule has 3 rings (SSSR count). The van der Waals surface area contributed by atoms with E-state index < -0.39 is 0 Å². The van der Waals surface area contributed by atoms with E-state index in [1.54, 1.807) is 7.11 Å². The predicted octanol–water partition coefficient (Wildman–Crippen LogP) is 3.66. The molecule has 0 radical (unpaired) electrons. The highest BCUT2D eigenvalue weighted by atomic mass is 79.9. The Kier molecular flexibility index (Phi) is 5.03. The summed E-state index contributed by atoms with van der Waals surface area (Å²) in [4.78, 5) is 0. The highest BCUT2D eigenvalue weighted by molar-refractivity contribution is 9.10. The van der Waals surface area contributed by atoms with Crippen LogP contribution in [0.15, 0.2) is 34.8 Å². The van der Waals surface area contributed by atoms with Gasteiger partial charge in [-0.1, -0.05) is 12.1 Å². The summed E-state index contributed by atoms with van der Waals surface area (Å²) in [6.07, 6.45) is 0.659. The Morgan fingerprint density at radius 3 is 2.96 bits per heavy atom. The zero-order valence-electron chi connectivity index (χ0n) is 12.7. The fraction of sp³-hybridized carbons (Fsp3) is 0.294. The van der Waals surface area contributed by atoms with Crippen molar-refractivity contribution in [1.82, 2.24) is 5.32 Å². The van der Waals surface area contributed by atoms with E-state index in [1.807, 2.05) is 18.2 Å². The molecule has 0 fully saturated rings. The summed E-state index contributed by atoms with van der Waals surface area (Å²) in [5.41, 5.74) is 1.87. The summed E-state index contributed by atoms with van der Waals surface area (Å²) in [7, 11) is 1.58. The lowest BCUT2D eigenvalue weighted by molar-refractivity contribution is 0.173. The Hall–Kier alpha value is -1.79. The fourth-order valence-corrected chi connectivity index (χ4v) is 3.24. The molecule has 1 N–H and O–H groups in total. The van der Waals surface area contributed by atoms with E-state index in [0.717, 1.165) is 22.6 Å². The molecule has 0 aromatic heterocycles. The number of nitrogens with one attached hydrogen (secondary N) is 1.